The summed E-state index contributed by atoms with van der Waals surface area (Å²) in [5.41, 5.74) is 6.64. The third-order valence-electron chi connectivity index (χ3n) is 2.22. The van der Waals surface area contributed by atoms with Crippen LogP contribution in [0.5, 0.6) is 5.75 Å². The zero-order valence-corrected chi connectivity index (χ0v) is 13.2. The molecule has 0 spiro atoms. The molecule has 18 heavy (non-hydrogen) atoms. The second kappa shape index (κ2) is 5.70. The predicted octanol–water partition coefficient (Wildman–Crippen LogP) is 3.18. The molecule has 0 saturated carbocycles. The van der Waals surface area contributed by atoms with Gasteiger partial charge in [0.1, 0.15) is 6.33 Å². The Morgan fingerprint density at radius 2 is 2.17 bits per heavy atom. The monoisotopic (exact) mass is 420 g/mol. The minimum atomic E-state index is 0.306. The standard InChI is InChI=1S/C11H10BrIN4O/c1-18-9-10(14)15-5-16-11(9)17-8-4-6(12)2-3-7(8)13/h2-5H,1H3,(H3,14,15,16,17). The Morgan fingerprint density at radius 3 is 2.89 bits per heavy atom. The van der Waals surface area contributed by atoms with Gasteiger partial charge in [-0.1, -0.05) is 15.9 Å². The predicted molar refractivity (Wildman–Crippen MR) is 83.1 cm³/mol. The average Bonchev–Trinajstić information content (AvgIpc) is 2.34. The van der Waals surface area contributed by atoms with E-state index in [0.717, 1.165) is 13.7 Å². The van der Waals surface area contributed by atoms with Crippen molar-refractivity contribution in [1.82, 2.24) is 9.97 Å². The van der Waals surface area contributed by atoms with Gasteiger partial charge in [0.2, 0.25) is 5.75 Å². The number of rotatable bonds is 3. The van der Waals surface area contributed by atoms with E-state index in [1.807, 2.05) is 18.2 Å². The summed E-state index contributed by atoms with van der Waals surface area (Å²) >= 11 is 5.67. The van der Waals surface area contributed by atoms with E-state index in [0.29, 0.717) is 17.4 Å². The minimum Gasteiger partial charge on any atom is -0.490 e. The molecule has 0 aliphatic heterocycles. The number of nitrogens with one attached hydrogen (secondary N) is 1. The third kappa shape index (κ3) is 2.83. The van der Waals surface area contributed by atoms with E-state index in [1.54, 1.807) is 0 Å². The van der Waals surface area contributed by atoms with Gasteiger partial charge in [-0.15, -0.1) is 0 Å². The highest BCUT2D eigenvalue weighted by Crippen LogP contribution is 2.31. The molecule has 0 radical (unpaired) electrons. The normalized spacial score (nSPS) is 10.2. The van der Waals surface area contributed by atoms with Crippen LogP contribution in [-0.4, -0.2) is 17.1 Å². The van der Waals surface area contributed by atoms with Crippen molar-refractivity contribution in [2.24, 2.45) is 0 Å². The minimum absolute atomic E-state index is 0.306. The van der Waals surface area contributed by atoms with E-state index >= 15 is 0 Å². The van der Waals surface area contributed by atoms with Crippen LogP contribution in [0.15, 0.2) is 29.0 Å². The fraction of sp³-hybridized carbons (Fsp3) is 0.0909. The van der Waals surface area contributed by atoms with Crippen LogP contribution in [0, 0.1) is 3.57 Å². The maximum atomic E-state index is 5.73. The second-order valence-corrected chi connectivity index (χ2v) is 5.47. The van der Waals surface area contributed by atoms with Gasteiger partial charge in [0.25, 0.3) is 0 Å². The molecular formula is C11H10BrIN4O. The molecule has 0 aliphatic carbocycles. The molecular weight excluding hydrogens is 411 g/mol. The number of anilines is 3. The summed E-state index contributed by atoms with van der Waals surface area (Å²) in [5.74, 6) is 1.29. The molecule has 0 amide bonds. The number of nitrogens with zero attached hydrogens (tertiary/aromatic N) is 2. The highest BCUT2D eigenvalue weighted by Gasteiger charge is 2.11. The number of methoxy groups -OCH3 is 1. The molecule has 1 heterocycles. The highest BCUT2D eigenvalue weighted by molar-refractivity contribution is 14.1. The van der Waals surface area contributed by atoms with Crippen molar-refractivity contribution in [3.63, 3.8) is 0 Å². The Balaban J connectivity index is 2.40. The summed E-state index contributed by atoms with van der Waals surface area (Å²) in [7, 11) is 1.53. The van der Waals surface area contributed by atoms with E-state index in [4.69, 9.17) is 10.5 Å². The molecule has 3 N–H and O–H groups in total. The number of hydrogen-bond acceptors (Lipinski definition) is 5. The lowest BCUT2D eigenvalue weighted by atomic mass is 10.3. The molecule has 0 saturated heterocycles. The topological polar surface area (TPSA) is 73.1 Å². The number of benzene rings is 1. The number of hydrogen-bond donors (Lipinski definition) is 2. The van der Waals surface area contributed by atoms with E-state index in [1.165, 1.54) is 13.4 Å². The van der Waals surface area contributed by atoms with Gasteiger partial charge < -0.3 is 15.8 Å². The molecule has 1 aromatic carbocycles. The molecule has 2 rings (SSSR count). The highest BCUT2D eigenvalue weighted by atomic mass is 127. The summed E-state index contributed by atoms with van der Waals surface area (Å²) in [6.07, 6.45) is 1.39. The van der Waals surface area contributed by atoms with Crippen molar-refractivity contribution in [3.05, 3.63) is 32.6 Å². The lowest BCUT2D eigenvalue weighted by molar-refractivity contribution is 0.415. The molecule has 0 fully saturated rings. The van der Waals surface area contributed by atoms with E-state index in [2.05, 4.69) is 53.8 Å². The Bertz CT molecular complexity index is 579. The van der Waals surface area contributed by atoms with Gasteiger partial charge in [-0.25, -0.2) is 9.97 Å². The van der Waals surface area contributed by atoms with E-state index in [9.17, 15) is 0 Å². The molecule has 0 unspecified atom stereocenters. The maximum Gasteiger partial charge on any atom is 0.204 e. The summed E-state index contributed by atoms with van der Waals surface area (Å²) in [5, 5.41) is 3.18. The second-order valence-electron chi connectivity index (χ2n) is 3.39. The number of nitrogen functional groups attached to an aromatic ring is 1. The van der Waals surface area contributed by atoms with Crippen LogP contribution in [0.3, 0.4) is 0 Å². The Hall–Kier alpha value is -1.09. The average molecular weight is 421 g/mol. The fourth-order valence-corrected chi connectivity index (χ4v) is 2.23. The Morgan fingerprint density at radius 1 is 1.39 bits per heavy atom. The Kier molecular flexibility index (Phi) is 4.23. The smallest absolute Gasteiger partial charge is 0.204 e. The first-order valence-corrected chi connectivity index (χ1v) is 6.85. The lowest BCUT2D eigenvalue weighted by Crippen LogP contribution is -2.03. The zero-order valence-electron chi connectivity index (χ0n) is 9.45. The van der Waals surface area contributed by atoms with E-state index in [-0.39, 0.29) is 0 Å². The first-order valence-electron chi connectivity index (χ1n) is 4.98. The van der Waals surface area contributed by atoms with Crippen molar-refractivity contribution in [3.8, 4) is 5.75 Å². The van der Waals surface area contributed by atoms with Crippen LogP contribution in [0.2, 0.25) is 0 Å². The molecule has 0 atom stereocenters. The van der Waals surface area contributed by atoms with Gasteiger partial charge in [-0.3, -0.25) is 0 Å². The third-order valence-corrected chi connectivity index (χ3v) is 3.65. The fourth-order valence-electron chi connectivity index (χ4n) is 1.40. The van der Waals surface area contributed by atoms with Gasteiger partial charge >= 0.3 is 0 Å². The Labute approximate surface area is 126 Å². The first kappa shape index (κ1) is 13.3. The SMILES string of the molecule is COc1c(N)ncnc1Nc1cc(Br)ccc1I. The number of halogens is 2. The van der Waals surface area contributed by atoms with Gasteiger partial charge in [0.05, 0.1) is 12.8 Å². The van der Waals surface area contributed by atoms with Crippen molar-refractivity contribution < 1.29 is 4.74 Å². The summed E-state index contributed by atoms with van der Waals surface area (Å²) < 4.78 is 7.23. The molecule has 0 aliphatic rings. The van der Waals surface area contributed by atoms with Crippen molar-refractivity contribution in [2.75, 3.05) is 18.2 Å². The first-order chi connectivity index (χ1) is 8.61. The van der Waals surface area contributed by atoms with Gasteiger partial charge in [0, 0.05) is 8.04 Å². The summed E-state index contributed by atoms with van der Waals surface area (Å²) in [4.78, 5) is 8.01. The van der Waals surface area contributed by atoms with Gasteiger partial charge in [-0.2, -0.15) is 0 Å². The number of aromatic nitrogens is 2. The van der Waals surface area contributed by atoms with Crippen molar-refractivity contribution >= 4 is 55.8 Å². The molecule has 7 heteroatoms. The van der Waals surface area contributed by atoms with Crippen LogP contribution in [0.25, 0.3) is 0 Å². The summed E-state index contributed by atoms with van der Waals surface area (Å²) in [6, 6.07) is 5.92. The molecule has 0 bridgehead atoms. The summed E-state index contributed by atoms with van der Waals surface area (Å²) in [6.45, 7) is 0. The lowest BCUT2D eigenvalue weighted by Gasteiger charge is -2.12. The maximum absolute atomic E-state index is 5.73. The van der Waals surface area contributed by atoms with Crippen LogP contribution in [0.4, 0.5) is 17.3 Å². The van der Waals surface area contributed by atoms with Crippen LogP contribution in [-0.2, 0) is 0 Å². The molecule has 5 nitrogen and oxygen atoms in total. The van der Waals surface area contributed by atoms with Crippen LogP contribution < -0.4 is 15.8 Å². The largest absolute Gasteiger partial charge is 0.490 e. The van der Waals surface area contributed by atoms with Crippen LogP contribution >= 0.6 is 38.5 Å². The van der Waals surface area contributed by atoms with Crippen LogP contribution in [0.1, 0.15) is 0 Å². The van der Waals surface area contributed by atoms with E-state index < -0.39 is 0 Å². The zero-order chi connectivity index (χ0) is 13.1. The van der Waals surface area contributed by atoms with Crippen molar-refractivity contribution in [2.45, 2.75) is 0 Å². The quantitative estimate of drug-likeness (QED) is 0.746. The molecule has 94 valence electrons. The van der Waals surface area contributed by atoms with Gasteiger partial charge in [-0.05, 0) is 40.8 Å². The van der Waals surface area contributed by atoms with Crippen molar-refractivity contribution in [1.29, 1.82) is 0 Å². The molecule has 1 aromatic heterocycles. The van der Waals surface area contributed by atoms with Gasteiger partial charge in [0.15, 0.2) is 11.6 Å². The molecule has 2 aromatic rings. The number of nitrogens with two attached hydrogens (primary N) is 1. The number of ether oxygens (including phenoxy) is 1.